The lowest BCUT2D eigenvalue weighted by molar-refractivity contribution is 0.0949. The zero-order valence-corrected chi connectivity index (χ0v) is 12.5. The molecule has 0 bridgehead atoms. The average molecular weight is 296 g/mol. The molecule has 0 saturated carbocycles. The summed E-state index contributed by atoms with van der Waals surface area (Å²) in [5.41, 5.74) is 4.59. The second kappa shape index (κ2) is 5.55. The van der Waals surface area contributed by atoms with Gasteiger partial charge in [-0.1, -0.05) is 23.8 Å². The maximum Gasteiger partial charge on any atom is 0.292 e. The maximum atomic E-state index is 12.3. The highest BCUT2D eigenvalue weighted by Crippen LogP contribution is 2.15. The van der Waals surface area contributed by atoms with Crippen molar-refractivity contribution >= 4 is 22.4 Å². The number of carbonyl (C=O) groups excluding carboxylic acids is 1. The predicted octanol–water partition coefficient (Wildman–Crippen LogP) is 1.76. The van der Waals surface area contributed by atoms with Gasteiger partial charge in [0, 0.05) is 12.4 Å². The standard InChI is InChI=1S/C16H16N4O2/c1-10-7-8-11(9-10)17-18-15(21)14-12-5-3-4-6-13(12)16(22)20(2)19-14/h3-6,9H,7-8H2,1-2H3,(H,18,21)/b17-11+. The van der Waals surface area contributed by atoms with E-state index < -0.39 is 5.91 Å². The molecule has 0 atom stereocenters. The van der Waals surface area contributed by atoms with E-state index in [1.54, 1.807) is 24.3 Å². The van der Waals surface area contributed by atoms with E-state index in [0.29, 0.717) is 10.8 Å². The summed E-state index contributed by atoms with van der Waals surface area (Å²) in [6.45, 7) is 2.03. The van der Waals surface area contributed by atoms with Crippen molar-refractivity contribution in [1.29, 1.82) is 0 Å². The Labute approximate surface area is 127 Å². The van der Waals surface area contributed by atoms with Crippen molar-refractivity contribution in [2.24, 2.45) is 12.1 Å². The maximum absolute atomic E-state index is 12.3. The van der Waals surface area contributed by atoms with Gasteiger partial charge < -0.3 is 0 Å². The summed E-state index contributed by atoms with van der Waals surface area (Å²) in [5.74, 6) is -0.419. The number of benzene rings is 1. The molecule has 0 spiro atoms. The van der Waals surface area contributed by atoms with E-state index >= 15 is 0 Å². The first-order valence-corrected chi connectivity index (χ1v) is 7.06. The van der Waals surface area contributed by atoms with Gasteiger partial charge in [0.05, 0.1) is 11.1 Å². The zero-order chi connectivity index (χ0) is 15.7. The lowest BCUT2D eigenvalue weighted by atomic mass is 10.1. The van der Waals surface area contributed by atoms with Crippen LogP contribution in [0.4, 0.5) is 0 Å². The molecule has 112 valence electrons. The molecule has 1 N–H and O–H groups in total. The van der Waals surface area contributed by atoms with Crippen molar-refractivity contribution in [3.8, 4) is 0 Å². The SMILES string of the molecule is CC1=C/C(=N/NC(=O)c2nn(C)c(=O)c3ccccc23)CC1. The van der Waals surface area contributed by atoms with Crippen LogP contribution in [0, 0.1) is 0 Å². The topological polar surface area (TPSA) is 76.3 Å². The van der Waals surface area contributed by atoms with Crippen molar-refractivity contribution in [3.05, 3.63) is 52.0 Å². The number of nitrogens with zero attached hydrogens (tertiary/aromatic N) is 3. The van der Waals surface area contributed by atoms with Crippen molar-refractivity contribution < 1.29 is 4.79 Å². The summed E-state index contributed by atoms with van der Waals surface area (Å²) in [6, 6.07) is 6.93. The number of hydrazone groups is 1. The molecule has 0 aliphatic heterocycles. The Morgan fingerprint density at radius 2 is 2.00 bits per heavy atom. The van der Waals surface area contributed by atoms with Crippen LogP contribution in [0.2, 0.25) is 0 Å². The van der Waals surface area contributed by atoms with Crippen LogP contribution in [0.5, 0.6) is 0 Å². The minimum Gasteiger partial charge on any atom is -0.267 e. The van der Waals surface area contributed by atoms with Gasteiger partial charge >= 0.3 is 0 Å². The van der Waals surface area contributed by atoms with Crippen LogP contribution in [0.1, 0.15) is 30.3 Å². The van der Waals surface area contributed by atoms with Crippen LogP contribution < -0.4 is 11.0 Å². The minimum absolute atomic E-state index is 0.195. The quantitative estimate of drug-likeness (QED) is 0.858. The number of amides is 1. The van der Waals surface area contributed by atoms with Gasteiger partial charge in [0.15, 0.2) is 5.69 Å². The van der Waals surface area contributed by atoms with Gasteiger partial charge in [-0.25, -0.2) is 10.1 Å². The predicted molar refractivity (Wildman–Crippen MR) is 84.9 cm³/mol. The number of carbonyl (C=O) groups is 1. The van der Waals surface area contributed by atoms with Crippen molar-refractivity contribution in [2.75, 3.05) is 0 Å². The number of aromatic nitrogens is 2. The summed E-state index contributed by atoms with van der Waals surface area (Å²) < 4.78 is 1.17. The lowest BCUT2D eigenvalue weighted by Crippen LogP contribution is -2.27. The molecule has 1 aliphatic carbocycles. The molecule has 1 amide bonds. The van der Waals surface area contributed by atoms with Gasteiger partial charge in [0.25, 0.3) is 11.5 Å². The smallest absolute Gasteiger partial charge is 0.267 e. The Balaban J connectivity index is 1.98. The van der Waals surface area contributed by atoms with Crippen molar-refractivity contribution in [2.45, 2.75) is 19.8 Å². The normalized spacial score (nSPS) is 16.1. The molecule has 6 heteroatoms. The summed E-state index contributed by atoms with van der Waals surface area (Å²) >= 11 is 0. The summed E-state index contributed by atoms with van der Waals surface area (Å²) in [6.07, 6.45) is 3.76. The molecule has 1 heterocycles. The summed E-state index contributed by atoms with van der Waals surface area (Å²) in [7, 11) is 1.53. The van der Waals surface area contributed by atoms with E-state index in [4.69, 9.17) is 0 Å². The summed E-state index contributed by atoms with van der Waals surface area (Å²) in [4.78, 5) is 24.4. The Bertz CT molecular complexity index is 877. The highest BCUT2D eigenvalue weighted by molar-refractivity contribution is 6.05. The largest absolute Gasteiger partial charge is 0.292 e. The first kappa shape index (κ1) is 14.2. The van der Waals surface area contributed by atoms with Crippen LogP contribution >= 0.6 is 0 Å². The molecule has 0 saturated heterocycles. The van der Waals surface area contributed by atoms with Crippen LogP contribution in [0.25, 0.3) is 10.8 Å². The Morgan fingerprint density at radius 1 is 1.27 bits per heavy atom. The third-order valence-corrected chi connectivity index (χ3v) is 3.66. The van der Waals surface area contributed by atoms with Crippen LogP contribution in [-0.2, 0) is 7.05 Å². The zero-order valence-electron chi connectivity index (χ0n) is 12.5. The fraction of sp³-hybridized carbons (Fsp3) is 0.250. The molecule has 1 aliphatic rings. The molecular formula is C16H16N4O2. The van der Waals surface area contributed by atoms with E-state index in [-0.39, 0.29) is 11.3 Å². The first-order chi connectivity index (χ1) is 10.6. The van der Waals surface area contributed by atoms with Crippen molar-refractivity contribution in [3.63, 3.8) is 0 Å². The molecule has 3 rings (SSSR count). The minimum atomic E-state index is -0.419. The number of allylic oxidation sites excluding steroid dienone is 2. The lowest BCUT2D eigenvalue weighted by Gasteiger charge is -2.06. The molecular weight excluding hydrogens is 280 g/mol. The number of hydrogen-bond acceptors (Lipinski definition) is 4. The van der Waals surface area contributed by atoms with Gasteiger partial charge in [-0.2, -0.15) is 10.2 Å². The third kappa shape index (κ3) is 2.55. The van der Waals surface area contributed by atoms with E-state index in [1.165, 1.54) is 17.3 Å². The molecule has 2 aromatic rings. The second-order valence-corrected chi connectivity index (χ2v) is 5.36. The number of hydrogen-bond donors (Lipinski definition) is 1. The highest BCUT2D eigenvalue weighted by atomic mass is 16.2. The van der Waals surface area contributed by atoms with Gasteiger partial charge in [-0.3, -0.25) is 9.59 Å². The number of fused-ring (bicyclic) bond motifs is 1. The van der Waals surface area contributed by atoms with E-state index in [1.807, 2.05) is 13.0 Å². The number of rotatable bonds is 2. The van der Waals surface area contributed by atoms with E-state index in [2.05, 4.69) is 15.6 Å². The van der Waals surface area contributed by atoms with Crippen molar-refractivity contribution in [1.82, 2.24) is 15.2 Å². The van der Waals surface area contributed by atoms with Gasteiger partial charge in [0.2, 0.25) is 0 Å². The van der Waals surface area contributed by atoms with Crippen LogP contribution in [-0.4, -0.2) is 21.4 Å². The molecule has 22 heavy (non-hydrogen) atoms. The fourth-order valence-corrected chi connectivity index (χ4v) is 2.49. The van der Waals surface area contributed by atoms with Crippen LogP contribution in [0.15, 0.2) is 45.8 Å². The van der Waals surface area contributed by atoms with E-state index in [9.17, 15) is 9.59 Å². The molecule has 1 aromatic heterocycles. The first-order valence-electron chi connectivity index (χ1n) is 7.06. The summed E-state index contributed by atoms with van der Waals surface area (Å²) in [5, 5.41) is 9.19. The fourth-order valence-electron chi connectivity index (χ4n) is 2.49. The molecule has 0 unspecified atom stereocenters. The monoisotopic (exact) mass is 296 g/mol. The Hall–Kier alpha value is -2.76. The number of aryl methyl sites for hydroxylation is 1. The molecule has 1 aromatic carbocycles. The van der Waals surface area contributed by atoms with Gasteiger partial charge in [0.1, 0.15) is 0 Å². The second-order valence-electron chi connectivity index (χ2n) is 5.36. The van der Waals surface area contributed by atoms with Crippen LogP contribution in [0.3, 0.4) is 0 Å². The van der Waals surface area contributed by atoms with E-state index in [0.717, 1.165) is 18.6 Å². The molecule has 6 nitrogen and oxygen atoms in total. The van der Waals surface area contributed by atoms with Gasteiger partial charge in [-0.15, -0.1) is 0 Å². The average Bonchev–Trinajstić information content (AvgIpc) is 2.94. The molecule has 0 fully saturated rings. The Kier molecular flexibility index (Phi) is 3.58. The number of nitrogens with one attached hydrogen (secondary N) is 1. The van der Waals surface area contributed by atoms with Gasteiger partial charge in [-0.05, 0) is 31.9 Å². The Morgan fingerprint density at radius 3 is 2.68 bits per heavy atom. The highest BCUT2D eigenvalue weighted by Gasteiger charge is 2.15. The molecule has 0 radical (unpaired) electrons. The third-order valence-electron chi connectivity index (χ3n) is 3.66.